The Morgan fingerprint density at radius 3 is 2.74 bits per heavy atom. The van der Waals surface area contributed by atoms with Gasteiger partial charge in [-0.15, -0.1) is 0 Å². The van der Waals surface area contributed by atoms with Crippen LogP contribution >= 0.6 is 0 Å². The van der Waals surface area contributed by atoms with Gasteiger partial charge in [0.25, 0.3) is 0 Å². The first kappa shape index (κ1) is 15.5. The van der Waals surface area contributed by atoms with Crippen LogP contribution < -0.4 is 5.73 Å². The predicted octanol–water partition coefficient (Wildman–Crippen LogP) is 4.33. The number of nitrogens with zero attached hydrogens (tertiary/aromatic N) is 4. The van der Waals surface area contributed by atoms with Crippen molar-refractivity contribution >= 4 is 22.2 Å². The molecule has 0 radical (unpaired) electrons. The number of imidazole rings is 1. The highest BCUT2D eigenvalue weighted by atomic mass is 19.1. The highest BCUT2D eigenvalue weighted by Crippen LogP contribution is 2.34. The predicted molar refractivity (Wildman–Crippen MR) is 104 cm³/mol. The fourth-order valence-electron chi connectivity index (χ4n) is 3.35. The lowest BCUT2D eigenvalue weighted by Gasteiger charge is -2.14. The minimum absolute atomic E-state index is 0.299. The molecule has 0 unspecified atom stereocenters. The van der Waals surface area contributed by atoms with Crippen LogP contribution in [-0.2, 0) is 0 Å². The molecule has 0 fully saturated rings. The molecule has 130 valence electrons. The molecule has 0 bridgehead atoms. The molecule has 0 amide bonds. The topological polar surface area (TPSA) is 69.1 Å². The van der Waals surface area contributed by atoms with Crippen LogP contribution in [0.4, 0.5) is 10.2 Å². The van der Waals surface area contributed by atoms with Gasteiger partial charge in [-0.05, 0) is 29.7 Å². The van der Waals surface area contributed by atoms with Gasteiger partial charge in [0.1, 0.15) is 5.82 Å². The van der Waals surface area contributed by atoms with E-state index in [1.807, 2.05) is 41.1 Å². The Kier molecular flexibility index (Phi) is 3.36. The van der Waals surface area contributed by atoms with Gasteiger partial charge >= 0.3 is 0 Å². The summed E-state index contributed by atoms with van der Waals surface area (Å²) >= 11 is 0. The molecular formula is C21H14FN5. The third-order valence-electron chi connectivity index (χ3n) is 4.58. The monoisotopic (exact) mass is 355 g/mol. The van der Waals surface area contributed by atoms with E-state index < -0.39 is 0 Å². The van der Waals surface area contributed by atoms with E-state index >= 15 is 0 Å². The molecule has 6 heteroatoms. The standard InChI is InChI=1S/C21H14FN5/c22-17-3-1-2-14(11-17)18-19(27-9-8-25-21(27)20(23)26-18)15-4-5-16-12-24-7-6-13(16)10-15/h1-12H,(H2,23,26). The van der Waals surface area contributed by atoms with Crippen LogP contribution in [0.15, 0.2) is 73.3 Å². The van der Waals surface area contributed by atoms with Gasteiger partial charge in [-0.1, -0.05) is 24.3 Å². The number of nitrogens with two attached hydrogens (primary N) is 1. The van der Waals surface area contributed by atoms with Gasteiger partial charge in [-0.2, -0.15) is 0 Å². The molecule has 3 aromatic heterocycles. The molecule has 0 aliphatic carbocycles. The summed E-state index contributed by atoms with van der Waals surface area (Å²) in [5.74, 6) is -0.0258. The molecule has 0 atom stereocenters. The van der Waals surface area contributed by atoms with Crippen LogP contribution in [0.5, 0.6) is 0 Å². The van der Waals surface area contributed by atoms with Crippen molar-refractivity contribution < 1.29 is 4.39 Å². The number of rotatable bonds is 2. The molecule has 0 spiro atoms. The molecule has 27 heavy (non-hydrogen) atoms. The van der Waals surface area contributed by atoms with Gasteiger partial charge < -0.3 is 5.73 Å². The van der Waals surface area contributed by atoms with Crippen molar-refractivity contribution in [3.8, 4) is 22.5 Å². The van der Waals surface area contributed by atoms with Crippen molar-refractivity contribution in [3.05, 3.63) is 79.1 Å². The largest absolute Gasteiger partial charge is 0.381 e. The smallest absolute Gasteiger partial charge is 0.180 e. The quantitative estimate of drug-likeness (QED) is 0.512. The molecule has 0 saturated carbocycles. The van der Waals surface area contributed by atoms with Crippen LogP contribution in [0.1, 0.15) is 0 Å². The number of benzene rings is 2. The van der Waals surface area contributed by atoms with Crippen molar-refractivity contribution in [3.63, 3.8) is 0 Å². The maximum atomic E-state index is 13.9. The zero-order valence-corrected chi connectivity index (χ0v) is 14.2. The summed E-state index contributed by atoms with van der Waals surface area (Å²) in [6, 6.07) is 14.4. The van der Waals surface area contributed by atoms with Gasteiger partial charge in [-0.3, -0.25) is 9.38 Å². The molecule has 5 aromatic rings. The number of hydrogen-bond acceptors (Lipinski definition) is 4. The number of anilines is 1. The number of pyridine rings is 1. The number of aromatic nitrogens is 4. The minimum atomic E-state index is -0.325. The first-order valence-corrected chi connectivity index (χ1v) is 8.43. The van der Waals surface area contributed by atoms with E-state index in [9.17, 15) is 4.39 Å². The lowest BCUT2D eigenvalue weighted by molar-refractivity contribution is 0.628. The molecule has 2 aromatic carbocycles. The van der Waals surface area contributed by atoms with E-state index in [0.717, 1.165) is 22.0 Å². The van der Waals surface area contributed by atoms with Gasteiger partial charge in [0.2, 0.25) is 0 Å². The normalized spacial score (nSPS) is 11.3. The molecule has 5 nitrogen and oxygen atoms in total. The van der Waals surface area contributed by atoms with Crippen LogP contribution in [-0.4, -0.2) is 19.4 Å². The van der Waals surface area contributed by atoms with E-state index in [-0.39, 0.29) is 5.82 Å². The van der Waals surface area contributed by atoms with E-state index in [2.05, 4.69) is 21.0 Å². The molecule has 0 saturated heterocycles. The van der Waals surface area contributed by atoms with Gasteiger partial charge in [-0.25, -0.2) is 14.4 Å². The van der Waals surface area contributed by atoms with Gasteiger partial charge in [0.05, 0.1) is 11.4 Å². The minimum Gasteiger partial charge on any atom is -0.381 e. The SMILES string of the molecule is Nc1nc(-c2cccc(F)c2)c(-c2ccc3cnccc3c2)n2ccnc12. The van der Waals surface area contributed by atoms with Crippen molar-refractivity contribution in [1.82, 2.24) is 19.4 Å². The highest BCUT2D eigenvalue weighted by molar-refractivity contribution is 5.90. The third-order valence-corrected chi connectivity index (χ3v) is 4.58. The maximum absolute atomic E-state index is 13.9. The molecule has 5 rings (SSSR count). The first-order valence-electron chi connectivity index (χ1n) is 8.43. The second-order valence-corrected chi connectivity index (χ2v) is 6.26. The molecule has 2 N–H and O–H groups in total. The molecular weight excluding hydrogens is 341 g/mol. The Bertz CT molecular complexity index is 1310. The summed E-state index contributed by atoms with van der Waals surface area (Å²) in [5, 5.41) is 2.09. The average Bonchev–Trinajstić information content (AvgIpc) is 3.18. The Hall–Kier alpha value is -3.80. The van der Waals surface area contributed by atoms with Crippen LogP contribution in [0.2, 0.25) is 0 Å². The third kappa shape index (κ3) is 2.50. The van der Waals surface area contributed by atoms with Crippen LogP contribution in [0.3, 0.4) is 0 Å². The lowest BCUT2D eigenvalue weighted by atomic mass is 10.0. The van der Waals surface area contributed by atoms with Crippen molar-refractivity contribution in [2.24, 2.45) is 0 Å². The fourth-order valence-corrected chi connectivity index (χ4v) is 3.35. The van der Waals surface area contributed by atoms with E-state index in [0.29, 0.717) is 22.7 Å². The number of nitrogen functional groups attached to an aromatic ring is 1. The number of hydrogen-bond donors (Lipinski definition) is 1. The van der Waals surface area contributed by atoms with Crippen molar-refractivity contribution in [2.45, 2.75) is 0 Å². The second kappa shape index (κ2) is 5.88. The fraction of sp³-hybridized carbons (Fsp3) is 0. The highest BCUT2D eigenvalue weighted by Gasteiger charge is 2.17. The summed E-state index contributed by atoms with van der Waals surface area (Å²) in [6.07, 6.45) is 7.09. The summed E-state index contributed by atoms with van der Waals surface area (Å²) < 4.78 is 15.8. The summed E-state index contributed by atoms with van der Waals surface area (Å²) in [4.78, 5) is 13.0. The maximum Gasteiger partial charge on any atom is 0.180 e. The Balaban J connectivity index is 1.87. The zero-order valence-electron chi connectivity index (χ0n) is 14.2. The van der Waals surface area contributed by atoms with Crippen molar-refractivity contribution in [2.75, 3.05) is 5.73 Å². The lowest BCUT2D eigenvalue weighted by Crippen LogP contribution is -2.03. The number of halogens is 1. The molecule has 0 aliphatic rings. The second-order valence-electron chi connectivity index (χ2n) is 6.26. The number of fused-ring (bicyclic) bond motifs is 2. The molecule has 3 heterocycles. The zero-order chi connectivity index (χ0) is 18.4. The Morgan fingerprint density at radius 2 is 1.85 bits per heavy atom. The summed E-state index contributed by atoms with van der Waals surface area (Å²) in [6.45, 7) is 0. The van der Waals surface area contributed by atoms with E-state index in [1.165, 1.54) is 12.1 Å². The van der Waals surface area contributed by atoms with Gasteiger partial charge in [0, 0.05) is 41.3 Å². The van der Waals surface area contributed by atoms with Crippen molar-refractivity contribution in [1.29, 1.82) is 0 Å². The van der Waals surface area contributed by atoms with E-state index in [4.69, 9.17) is 5.73 Å². The molecule has 0 aliphatic heterocycles. The summed E-state index contributed by atoms with van der Waals surface area (Å²) in [7, 11) is 0. The Labute approximate surface area is 154 Å². The first-order chi connectivity index (χ1) is 13.2. The van der Waals surface area contributed by atoms with Gasteiger partial charge in [0.15, 0.2) is 11.5 Å². The van der Waals surface area contributed by atoms with Crippen LogP contribution in [0.25, 0.3) is 38.9 Å². The van der Waals surface area contributed by atoms with E-state index in [1.54, 1.807) is 18.5 Å². The average molecular weight is 355 g/mol. The van der Waals surface area contributed by atoms with Crippen LogP contribution in [0, 0.1) is 5.82 Å². The Morgan fingerprint density at radius 1 is 0.926 bits per heavy atom. The summed E-state index contributed by atoms with van der Waals surface area (Å²) in [5.41, 5.74) is 9.69.